The normalized spacial score (nSPS) is 11.8. The van der Waals surface area contributed by atoms with Crippen LogP contribution in [0.15, 0.2) is 53.9 Å². The van der Waals surface area contributed by atoms with Crippen LogP contribution in [0.1, 0.15) is 20.3 Å². The lowest BCUT2D eigenvalue weighted by molar-refractivity contribution is -0.119. The molecular formula is C20H23N5O2S. The quantitative estimate of drug-likeness (QED) is 0.587. The summed E-state index contributed by atoms with van der Waals surface area (Å²) in [7, 11) is 1.63. The van der Waals surface area contributed by atoms with Crippen molar-refractivity contribution in [2.75, 3.05) is 12.9 Å². The van der Waals surface area contributed by atoms with Crippen LogP contribution >= 0.6 is 11.8 Å². The van der Waals surface area contributed by atoms with Gasteiger partial charge in [0.1, 0.15) is 5.75 Å². The van der Waals surface area contributed by atoms with Crippen molar-refractivity contribution in [3.8, 4) is 22.8 Å². The van der Waals surface area contributed by atoms with Crippen LogP contribution < -0.4 is 10.1 Å². The molecule has 146 valence electrons. The third kappa shape index (κ3) is 4.69. The predicted octanol–water partition coefficient (Wildman–Crippen LogP) is 3.34. The van der Waals surface area contributed by atoms with Crippen molar-refractivity contribution < 1.29 is 9.53 Å². The zero-order valence-electron chi connectivity index (χ0n) is 16.1. The average Bonchev–Trinajstić information content (AvgIpc) is 3.16. The van der Waals surface area contributed by atoms with E-state index in [0.29, 0.717) is 11.0 Å². The lowest BCUT2D eigenvalue weighted by Crippen LogP contribution is -2.33. The molecule has 1 aromatic carbocycles. The van der Waals surface area contributed by atoms with Crippen LogP contribution in [0.4, 0.5) is 0 Å². The van der Waals surface area contributed by atoms with Gasteiger partial charge in [-0.2, -0.15) is 0 Å². The van der Waals surface area contributed by atoms with Crippen molar-refractivity contribution >= 4 is 17.7 Å². The molecular weight excluding hydrogens is 374 g/mol. The minimum absolute atomic E-state index is 0.0231. The molecule has 1 N–H and O–H groups in total. The highest BCUT2D eigenvalue weighted by molar-refractivity contribution is 7.99. The van der Waals surface area contributed by atoms with Crippen LogP contribution in [-0.2, 0) is 4.79 Å². The van der Waals surface area contributed by atoms with Gasteiger partial charge in [-0.25, -0.2) is 0 Å². The predicted molar refractivity (Wildman–Crippen MR) is 110 cm³/mol. The highest BCUT2D eigenvalue weighted by Gasteiger charge is 2.18. The van der Waals surface area contributed by atoms with Gasteiger partial charge in [0.2, 0.25) is 5.91 Å². The maximum absolute atomic E-state index is 12.2. The van der Waals surface area contributed by atoms with Gasteiger partial charge in [0.15, 0.2) is 11.0 Å². The Kier molecular flexibility index (Phi) is 6.65. The Bertz CT molecular complexity index is 929. The van der Waals surface area contributed by atoms with E-state index in [-0.39, 0.29) is 17.7 Å². The highest BCUT2D eigenvalue weighted by Crippen LogP contribution is 2.29. The van der Waals surface area contributed by atoms with E-state index in [4.69, 9.17) is 4.74 Å². The third-order valence-electron chi connectivity index (χ3n) is 4.24. The summed E-state index contributed by atoms with van der Waals surface area (Å²) in [6, 6.07) is 11.6. The van der Waals surface area contributed by atoms with Crippen LogP contribution in [0.5, 0.6) is 5.75 Å². The molecule has 0 fully saturated rings. The van der Waals surface area contributed by atoms with Crippen molar-refractivity contribution in [3.05, 3.63) is 48.8 Å². The molecule has 0 spiro atoms. The summed E-state index contributed by atoms with van der Waals surface area (Å²) in [5.41, 5.74) is 1.75. The Hall–Kier alpha value is -2.87. The summed E-state index contributed by atoms with van der Waals surface area (Å²) in [6.45, 7) is 4.03. The molecule has 7 nitrogen and oxygen atoms in total. The number of carbonyl (C=O) groups excluding carboxylic acids is 1. The zero-order valence-corrected chi connectivity index (χ0v) is 16.9. The van der Waals surface area contributed by atoms with Crippen molar-refractivity contribution in [1.29, 1.82) is 0 Å². The number of amides is 1. The summed E-state index contributed by atoms with van der Waals surface area (Å²) >= 11 is 1.35. The summed E-state index contributed by atoms with van der Waals surface area (Å²) in [5.74, 6) is 1.66. The molecule has 0 radical (unpaired) electrons. The number of pyridine rings is 1. The van der Waals surface area contributed by atoms with E-state index >= 15 is 0 Å². The molecule has 0 saturated carbocycles. The number of nitrogens with one attached hydrogen (secondary N) is 1. The first kappa shape index (κ1) is 19.9. The van der Waals surface area contributed by atoms with Crippen LogP contribution in [0, 0.1) is 0 Å². The standard InChI is InChI=1S/C20H23N5O2S/c1-4-14(2)22-18(26)13-28-20-24-23-19(15-8-10-21-11-9-15)25(20)16-6-5-7-17(12-16)27-3/h5-12,14H,4,13H2,1-3H3,(H,22,26). The van der Waals surface area contributed by atoms with E-state index in [1.165, 1.54) is 11.8 Å². The largest absolute Gasteiger partial charge is 0.497 e. The molecule has 3 aromatic rings. The summed E-state index contributed by atoms with van der Waals surface area (Å²) < 4.78 is 7.29. The molecule has 0 bridgehead atoms. The number of hydrogen-bond donors (Lipinski definition) is 1. The fourth-order valence-corrected chi connectivity index (χ4v) is 3.35. The second kappa shape index (κ2) is 9.36. The van der Waals surface area contributed by atoms with Gasteiger partial charge in [-0.1, -0.05) is 24.8 Å². The molecule has 0 aliphatic carbocycles. The molecule has 1 atom stereocenters. The summed E-state index contributed by atoms with van der Waals surface area (Å²) in [4.78, 5) is 16.3. The Labute approximate surface area is 168 Å². The van der Waals surface area contributed by atoms with Gasteiger partial charge in [-0.15, -0.1) is 10.2 Å². The van der Waals surface area contributed by atoms with Crippen molar-refractivity contribution in [1.82, 2.24) is 25.1 Å². The van der Waals surface area contributed by atoms with E-state index < -0.39 is 0 Å². The molecule has 28 heavy (non-hydrogen) atoms. The van der Waals surface area contributed by atoms with Crippen molar-refractivity contribution in [2.45, 2.75) is 31.5 Å². The highest BCUT2D eigenvalue weighted by atomic mass is 32.2. The number of nitrogens with zero attached hydrogens (tertiary/aromatic N) is 4. The number of benzene rings is 1. The minimum atomic E-state index is -0.0231. The molecule has 8 heteroatoms. The van der Waals surface area contributed by atoms with Gasteiger partial charge >= 0.3 is 0 Å². The van der Waals surface area contributed by atoms with E-state index in [1.54, 1.807) is 19.5 Å². The van der Waals surface area contributed by atoms with E-state index in [1.807, 2.05) is 54.8 Å². The van der Waals surface area contributed by atoms with E-state index in [0.717, 1.165) is 23.4 Å². The van der Waals surface area contributed by atoms with Crippen LogP contribution in [0.25, 0.3) is 17.1 Å². The Morgan fingerprint density at radius 3 is 2.75 bits per heavy atom. The molecule has 0 aliphatic heterocycles. The van der Waals surface area contributed by atoms with Gasteiger partial charge in [0.25, 0.3) is 0 Å². The van der Waals surface area contributed by atoms with Gasteiger partial charge in [0.05, 0.1) is 18.6 Å². The second-order valence-corrected chi connectivity index (χ2v) is 7.19. The summed E-state index contributed by atoms with van der Waals surface area (Å²) in [6.07, 6.45) is 4.32. The number of hydrogen-bond acceptors (Lipinski definition) is 6. The van der Waals surface area contributed by atoms with Gasteiger partial charge in [-0.3, -0.25) is 14.3 Å². The lowest BCUT2D eigenvalue weighted by atomic mass is 10.2. The monoisotopic (exact) mass is 397 g/mol. The smallest absolute Gasteiger partial charge is 0.230 e. The number of ether oxygens (including phenoxy) is 1. The number of rotatable bonds is 8. The van der Waals surface area contributed by atoms with Crippen molar-refractivity contribution in [3.63, 3.8) is 0 Å². The van der Waals surface area contributed by atoms with Crippen LogP contribution in [-0.4, -0.2) is 44.6 Å². The SMILES string of the molecule is CCC(C)NC(=O)CSc1nnc(-c2ccncc2)n1-c1cccc(OC)c1. The molecule has 1 unspecified atom stereocenters. The number of methoxy groups -OCH3 is 1. The van der Waals surface area contributed by atoms with Crippen LogP contribution in [0.2, 0.25) is 0 Å². The Morgan fingerprint density at radius 2 is 2.04 bits per heavy atom. The number of thioether (sulfide) groups is 1. The first-order valence-corrected chi connectivity index (χ1v) is 10.0. The first-order chi connectivity index (χ1) is 13.6. The number of carbonyl (C=O) groups is 1. The van der Waals surface area contributed by atoms with Crippen molar-refractivity contribution in [2.24, 2.45) is 0 Å². The lowest BCUT2D eigenvalue weighted by Gasteiger charge is -2.13. The molecule has 0 saturated heterocycles. The molecule has 0 aliphatic rings. The third-order valence-corrected chi connectivity index (χ3v) is 5.16. The molecule has 3 rings (SSSR count). The van der Waals surface area contributed by atoms with E-state index in [9.17, 15) is 4.79 Å². The maximum atomic E-state index is 12.2. The average molecular weight is 398 g/mol. The Morgan fingerprint density at radius 1 is 1.25 bits per heavy atom. The number of aromatic nitrogens is 4. The Balaban J connectivity index is 1.94. The maximum Gasteiger partial charge on any atom is 0.230 e. The van der Waals surface area contributed by atoms with Gasteiger partial charge in [-0.05, 0) is 37.6 Å². The van der Waals surface area contributed by atoms with Crippen LogP contribution in [0.3, 0.4) is 0 Å². The molecule has 2 aromatic heterocycles. The topological polar surface area (TPSA) is 81.9 Å². The molecule has 1 amide bonds. The fraction of sp³-hybridized carbons (Fsp3) is 0.300. The summed E-state index contributed by atoms with van der Waals surface area (Å²) in [5, 5.41) is 12.3. The minimum Gasteiger partial charge on any atom is -0.497 e. The first-order valence-electron chi connectivity index (χ1n) is 9.04. The van der Waals surface area contributed by atoms with Gasteiger partial charge in [0, 0.05) is 30.1 Å². The second-order valence-electron chi connectivity index (χ2n) is 6.24. The zero-order chi connectivity index (χ0) is 19.9. The van der Waals surface area contributed by atoms with Gasteiger partial charge < -0.3 is 10.1 Å². The molecule has 2 heterocycles. The fourth-order valence-electron chi connectivity index (χ4n) is 2.58. The van der Waals surface area contributed by atoms with E-state index in [2.05, 4.69) is 20.5 Å².